The predicted molar refractivity (Wildman–Crippen MR) is 76.7 cm³/mol. The number of nitriles is 1. The summed E-state index contributed by atoms with van der Waals surface area (Å²) in [6.45, 7) is 13.3. The molecule has 0 saturated carbocycles. The number of hydrogen-bond acceptors (Lipinski definition) is 4. The van der Waals surface area contributed by atoms with E-state index < -0.39 is 0 Å². The van der Waals surface area contributed by atoms with E-state index in [1.54, 1.807) is 11.3 Å². The molecule has 1 fully saturated rings. The zero-order valence-corrected chi connectivity index (χ0v) is 11.5. The Morgan fingerprint density at radius 1 is 1.50 bits per heavy atom. The van der Waals surface area contributed by atoms with E-state index in [-0.39, 0.29) is 0 Å². The highest BCUT2D eigenvalue weighted by Crippen LogP contribution is 2.29. The Kier molecular flexibility index (Phi) is 3.85. The Morgan fingerprint density at radius 3 is 2.83 bits per heavy atom. The lowest BCUT2D eigenvalue weighted by molar-refractivity contribution is 0.306. The first-order valence-electron chi connectivity index (χ1n) is 5.92. The van der Waals surface area contributed by atoms with Gasteiger partial charge in [0, 0.05) is 42.3 Å². The molecule has 0 radical (unpaired) electrons. The Bertz CT molecular complexity index is 509. The summed E-state index contributed by atoms with van der Waals surface area (Å²) < 4.78 is 0. The molecule has 4 heteroatoms. The number of piperazine rings is 1. The Morgan fingerprint density at radius 2 is 2.28 bits per heavy atom. The molecule has 2 rings (SSSR count). The van der Waals surface area contributed by atoms with Gasteiger partial charge in [0.15, 0.2) is 0 Å². The topological polar surface area (TPSA) is 30.3 Å². The van der Waals surface area contributed by atoms with Gasteiger partial charge in [0.1, 0.15) is 0 Å². The normalized spacial score (nSPS) is 16.7. The molecule has 0 N–H and O–H groups in total. The lowest BCUT2D eigenvalue weighted by Gasteiger charge is -2.36. The van der Waals surface area contributed by atoms with Crippen molar-refractivity contribution in [3.05, 3.63) is 41.4 Å². The average molecular weight is 259 g/mol. The molecule has 1 aromatic rings. The van der Waals surface area contributed by atoms with Gasteiger partial charge in [-0.15, -0.1) is 11.3 Å². The van der Waals surface area contributed by atoms with Crippen LogP contribution in [0.25, 0.3) is 0 Å². The number of nitrogens with zero attached hydrogens (tertiary/aromatic N) is 3. The molecule has 0 amide bonds. The van der Waals surface area contributed by atoms with Gasteiger partial charge in [-0.2, -0.15) is 5.26 Å². The lowest BCUT2D eigenvalue weighted by Crippen LogP contribution is -2.44. The van der Waals surface area contributed by atoms with E-state index in [2.05, 4.69) is 48.1 Å². The highest BCUT2D eigenvalue weighted by Gasteiger charge is 2.21. The minimum Gasteiger partial charge on any atom is -0.335 e. The van der Waals surface area contributed by atoms with E-state index in [9.17, 15) is 0 Å². The first-order chi connectivity index (χ1) is 8.60. The van der Waals surface area contributed by atoms with Gasteiger partial charge < -0.3 is 4.90 Å². The summed E-state index contributed by atoms with van der Waals surface area (Å²) in [4.78, 5) is 5.80. The second-order valence-corrected chi connectivity index (χ2v) is 5.79. The molecule has 0 aliphatic carbocycles. The minimum atomic E-state index is 0.614. The maximum atomic E-state index is 8.76. The molecular formula is C14H17N3S. The van der Waals surface area contributed by atoms with Crippen LogP contribution in [0.5, 0.6) is 0 Å². The first kappa shape index (κ1) is 12.9. The van der Waals surface area contributed by atoms with Crippen LogP contribution in [0.3, 0.4) is 0 Å². The van der Waals surface area contributed by atoms with Gasteiger partial charge in [-0.3, -0.25) is 4.90 Å². The number of rotatable bonds is 3. The lowest BCUT2D eigenvalue weighted by atomic mass is 10.2. The van der Waals surface area contributed by atoms with Crippen LogP contribution >= 0.6 is 11.3 Å². The predicted octanol–water partition coefficient (Wildman–Crippen LogP) is 2.77. The van der Waals surface area contributed by atoms with E-state index in [4.69, 9.17) is 5.26 Å². The van der Waals surface area contributed by atoms with Crippen molar-refractivity contribution in [1.29, 1.82) is 5.26 Å². The van der Waals surface area contributed by atoms with Crippen molar-refractivity contribution in [2.24, 2.45) is 0 Å². The average Bonchev–Trinajstić information content (AvgIpc) is 2.75. The highest BCUT2D eigenvalue weighted by molar-refractivity contribution is 7.16. The molecule has 0 unspecified atom stereocenters. The maximum Gasteiger partial charge on any atom is 0.0954 e. The van der Waals surface area contributed by atoms with E-state index in [1.165, 1.54) is 9.88 Å². The Labute approximate surface area is 112 Å². The van der Waals surface area contributed by atoms with Gasteiger partial charge in [-0.25, -0.2) is 0 Å². The fourth-order valence-corrected chi connectivity index (χ4v) is 3.03. The summed E-state index contributed by atoms with van der Waals surface area (Å²) >= 11 is 1.79. The number of anilines is 1. The zero-order chi connectivity index (χ0) is 13.1. The minimum absolute atomic E-state index is 0.614. The van der Waals surface area contributed by atoms with Gasteiger partial charge in [-0.05, 0) is 19.1 Å². The van der Waals surface area contributed by atoms with Crippen LogP contribution in [0.1, 0.15) is 4.88 Å². The van der Waals surface area contributed by atoms with Crippen molar-refractivity contribution in [3.8, 4) is 6.07 Å². The van der Waals surface area contributed by atoms with E-state index in [0.29, 0.717) is 12.1 Å². The van der Waals surface area contributed by atoms with Gasteiger partial charge >= 0.3 is 0 Å². The van der Waals surface area contributed by atoms with Crippen LogP contribution in [0.4, 0.5) is 5.00 Å². The summed E-state index contributed by atoms with van der Waals surface area (Å²) in [7, 11) is 0. The Balaban J connectivity index is 1.99. The largest absolute Gasteiger partial charge is 0.335 e. The molecule has 1 aliphatic heterocycles. The molecular weight excluding hydrogens is 242 g/mol. The molecule has 0 spiro atoms. The molecule has 94 valence electrons. The Hall–Kier alpha value is -1.57. The van der Waals surface area contributed by atoms with Crippen molar-refractivity contribution in [1.82, 2.24) is 4.90 Å². The summed E-state index contributed by atoms with van der Waals surface area (Å²) in [6, 6.07) is 6.38. The number of thiophene rings is 1. The van der Waals surface area contributed by atoms with Crippen LogP contribution in [0.2, 0.25) is 0 Å². The molecule has 0 aromatic carbocycles. The third kappa shape index (κ3) is 2.81. The molecule has 1 aromatic heterocycles. The van der Waals surface area contributed by atoms with E-state index in [0.717, 1.165) is 25.3 Å². The highest BCUT2D eigenvalue weighted by atomic mass is 32.1. The van der Waals surface area contributed by atoms with Gasteiger partial charge in [-0.1, -0.05) is 13.2 Å². The number of hydrogen-bond donors (Lipinski definition) is 0. The molecule has 0 bridgehead atoms. The summed E-state index contributed by atoms with van der Waals surface area (Å²) in [5.41, 5.74) is 1.71. The second kappa shape index (κ2) is 5.38. The molecule has 3 nitrogen and oxygen atoms in total. The van der Waals surface area contributed by atoms with Crippen molar-refractivity contribution in [2.75, 3.05) is 31.1 Å². The summed E-state index contributed by atoms with van der Waals surface area (Å²) in [6.07, 6.45) is 0. The van der Waals surface area contributed by atoms with Gasteiger partial charge in [0.2, 0.25) is 0 Å². The fraction of sp³-hybridized carbons (Fsp3) is 0.357. The zero-order valence-electron chi connectivity index (χ0n) is 10.6. The van der Waals surface area contributed by atoms with Crippen LogP contribution in [-0.2, 0) is 0 Å². The van der Waals surface area contributed by atoms with E-state index >= 15 is 0 Å². The molecule has 0 atom stereocenters. The van der Waals surface area contributed by atoms with Crippen LogP contribution in [-0.4, -0.2) is 31.1 Å². The first-order valence-corrected chi connectivity index (χ1v) is 6.74. The quantitative estimate of drug-likeness (QED) is 0.782. The molecule has 1 saturated heterocycles. The van der Waals surface area contributed by atoms with Crippen molar-refractivity contribution in [3.63, 3.8) is 0 Å². The molecule has 1 aliphatic rings. The van der Waals surface area contributed by atoms with Crippen LogP contribution in [0, 0.1) is 18.3 Å². The summed E-state index contributed by atoms with van der Waals surface area (Å²) in [5.74, 6) is 0. The SMILES string of the molecule is C=C(C#N)CN1CCN(c2ccc(C)s2)C(=C)C1. The standard InChI is InChI=1S/C14H17N3S/c1-11(8-15)9-16-6-7-17(12(2)10-16)14-5-4-13(3)18-14/h4-5H,1-2,6-7,9-10H2,3H3. The third-order valence-corrected chi connectivity index (χ3v) is 4.02. The van der Waals surface area contributed by atoms with Gasteiger partial charge in [0.25, 0.3) is 0 Å². The van der Waals surface area contributed by atoms with Crippen LogP contribution < -0.4 is 4.90 Å². The van der Waals surface area contributed by atoms with Crippen LogP contribution in [0.15, 0.2) is 36.6 Å². The van der Waals surface area contributed by atoms with Gasteiger partial charge in [0.05, 0.1) is 11.1 Å². The second-order valence-electron chi connectivity index (χ2n) is 4.53. The smallest absolute Gasteiger partial charge is 0.0954 e. The van der Waals surface area contributed by atoms with Crippen molar-refractivity contribution in [2.45, 2.75) is 6.92 Å². The fourth-order valence-electron chi connectivity index (χ4n) is 2.10. The van der Waals surface area contributed by atoms with Crippen molar-refractivity contribution >= 4 is 16.3 Å². The monoisotopic (exact) mass is 259 g/mol. The van der Waals surface area contributed by atoms with E-state index in [1.807, 2.05) is 0 Å². The molecule has 2 heterocycles. The summed E-state index contributed by atoms with van der Waals surface area (Å²) in [5, 5.41) is 10.0. The van der Waals surface area contributed by atoms with Crippen molar-refractivity contribution < 1.29 is 0 Å². The number of aryl methyl sites for hydroxylation is 1. The molecule has 18 heavy (non-hydrogen) atoms. The third-order valence-electron chi connectivity index (χ3n) is 2.99. The maximum absolute atomic E-state index is 8.76.